The lowest BCUT2D eigenvalue weighted by atomic mass is 9.98. The molecule has 0 aliphatic carbocycles. The van der Waals surface area contributed by atoms with Crippen molar-refractivity contribution in [2.24, 2.45) is 5.73 Å². The maximum absolute atomic E-state index is 10.4. The van der Waals surface area contributed by atoms with E-state index in [1.807, 2.05) is 0 Å². The fraction of sp³-hybridized carbons (Fsp3) is 0.944. The van der Waals surface area contributed by atoms with Gasteiger partial charge in [-0.25, -0.2) is 0 Å². The number of aliphatic hydroxyl groups excluding tert-OH is 1. The van der Waals surface area contributed by atoms with Crippen LogP contribution in [-0.4, -0.2) is 28.3 Å². The van der Waals surface area contributed by atoms with E-state index in [1.54, 1.807) is 0 Å². The van der Waals surface area contributed by atoms with Crippen molar-refractivity contribution in [3.8, 4) is 0 Å². The SMILES string of the molecule is CCCCCCCCC(O)C(N)CCCCCCCC(=O)O. The minimum Gasteiger partial charge on any atom is -0.481 e. The molecule has 4 N–H and O–H groups in total. The molecule has 4 nitrogen and oxygen atoms in total. The van der Waals surface area contributed by atoms with Crippen LogP contribution in [0.3, 0.4) is 0 Å². The summed E-state index contributed by atoms with van der Waals surface area (Å²) in [5.41, 5.74) is 6.03. The second-order valence-electron chi connectivity index (χ2n) is 6.49. The summed E-state index contributed by atoms with van der Waals surface area (Å²) in [4.78, 5) is 10.4. The van der Waals surface area contributed by atoms with Crippen LogP contribution in [-0.2, 0) is 4.79 Å². The van der Waals surface area contributed by atoms with Crippen molar-refractivity contribution in [1.29, 1.82) is 0 Å². The molecule has 2 atom stereocenters. The number of aliphatic hydroxyl groups is 1. The van der Waals surface area contributed by atoms with Gasteiger partial charge in [0.15, 0.2) is 0 Å². The summed E-state index contributed by atoms with van der Waals surface area (Å²) in [6, 6.07) is -0.102. The van der Waals surface area contributed by atoms with Gasteiger partial charge in [0.25, 0.3) is 0 Å². The van der Waals surface area contributed by atoms with Gasteiger partial charge in [-0.2, -0.15) is 0 Å². The highest BCUT2D eigenvalue weighted by molar-refractivity contribution is 5.66. The first-order chi connectivity index (χ1) is 10.6. The van der Waals surface area contributed by atoms with Gasteiger partial charge in [0.2, 0.25) is 0 Å². The summed E-state index contributed by atoms with van der Waals surface area (Å²) in [6.07, 6.45) is 14.0. The number of carboxylic acid groups (broad SMARTS) is 1. The van der Waals surface area contributed by atoms with Crippen molar-refractivity contribution in [3.63, 3.8) is 0 Å². The van der Waals surface area contributed by atoms with Gasteiger partial charge in [-0.05, 0) is 19.3 Å². The lowest BCUT2D eigenvalue weighted by Gasteiger charge is -2.18. The summed E-state index contributed by atoms with van der Waals surface area (Å²) < 4.78 is 0. The Labute approximate surface area is 136 Å². The molecular formula is C18H37NO3. The van der Waals surface area contributed by atoms with Gasteiger partial charge in [0.1, 0.15) is 0 Å². The Balaban J connectivity index is 3.38. The van der Waals surface area contributed by atoms with E-state index in [9.17, 15) is 9.90 Å². The summed E-state index contributed by atoms with van der Waals surface area (Å²) in [5, 5.41) is 18.6. The quantitative estimate of drug-likeness (QED) is 0.372. The molecule has 0 saturated heterocycles. The molecule has 0 bridgehead atoms. The standard InChI is InChI=1S/C18H37NO3/c1-2-3-4-5-8-11-14-17(20)16(19)13-10-7-6-9-12-15-18(21)22/h16-17,20H,2-15,19H2,1H3,(H,21,22). The number of rotatable bonds is 16. The van der Waals surface area contributed by atoms with E-state index in [0.717, 1.165) is 51.4 Å². The third kappa shape index (κ3) is 14.3. The highest BCUT2D eigenvalue weighted by atomic mass is 16.4. The van der Waals surface area contributed by atoms with Gasteiger partial charge in [-0.15, -0.1) is 0 Å². The predicted molar refractivity (Wildman–Crippen MR) is 91.9 cm³/mol. The number of aliphatic carboxylic acids is 1. The van der Waals surface area contributed by atoms with Gasteiger partial charge in [0, 0.05) is 12.5 Å². The number of hydrogen-bond donors (Lipinski definition) is 3. The molecule has 0 aliphatic heterocycles. The largest absolute Gasteiger partial charge is 0.481 e. The van der Waals surface area contributed by atoms with Crippen LogP contribution in [0.1, 0.15) is 96.8 Å². The van der Waals surface area contributed by atoms with Crippen LogP contribution < -0.4 is 5.73 Å². The molecule has 132 valence electrons. The van der Waals surface area contributed by atoms with Gasteiger partial charge in [-0.3, -0.25) is 4.79 Å². The van der Waals surface area contributed by atoms with Crippen LogP contribution in [0.15, 0.2) is 0 Å². The van der Waals surface area contributed by atoms with Gasteiger partial charge >= 0.3 is 5.97 Å². The molecule has 4 heteroatoms. The van der Waals surface area contributed by atoms with Gasteiger partial charge < -0.3 is 15.9 Å². The first-order valence-electron chi connectivity index (χ1n) is 9.23. The smallest absolute Gasteiger partial charge is 0.303 e. The molecular weight excluding hydrogens is 278 g/mol. The fourth-order valence-electron chi connectivity index (χ4n) is 2.73. The van der Waals surface area contributed by atoms with Gasteiger partial charge in [0.05, 0.1) is 6.10 Å². The van der Waals surface area contributed by atoms with Crippen molar-refractivity contribution >= 4 is 5.97 Å². The third-order valence-corrected chi connectivity index (χ3v) is 4.28. The summed E-state index contributed by atoms with van der Waals surface area (Å²) >= 11 is 0. The number of hydrogen-bond acceptors (Lipinski definition) is 3. The Hall–Kier alpha value is -0.610. The van der Waals surface area contributed by atoms with Gasteiger partial charge in [-0.1, -0.05) is 71.1 Å². The van der Waals surface area contributed by atoms with Crippen molar-refractivity contribution < 1.29 is 15.0 Å². The Morgan fingerprint density at radius 3 is 1.95 bits per heavy atom. The summed E-state index contributed by atoms with van der Waals surface area (Å²) in [6.45, 7) is 2.22. The minimum absolute atomic E-state index is 0.102. The molecule has 0 heterocycles. The Morgan fingerprint density at radius 2 is 1.36 bits per heavy atom. The van der Waals surface area contributed by atoms with Crippen molar-refractivity contribution in [3.05, 3.63) is 0 Å². The monoisotopic (exact) mass is 315 g/mol. The van der Waals surface area contributed by atoms with E-state index in [2.05, 4.69) is 6.92 Å². The molecule has 0 radical (unpaired) electrons. The second kappa shape index (κ2) is 15.3. The molecule has 0 spiro atoms. The molecule has 22 heavy (non-hydrogen) atoms. The van der Waals surface area contributed by atoms with Crippen LogP contribution in [0.2, 0.25) is 0 Å². The van der Waals surface area contributed by atoms with E-state index >= 15 is 0 Å². The first kappa shape index (κ1) is 21.4. The average Bonchev–Trinajstić information content (AvgIpc) is 2.49. The molecule has 0 aliphatic rings. The zero-order chi connectivity index (χ0) is 16.6. The third-order valence-electron chi connectivity index (χ3n) is 4.28. The Bertz CT molecular complexity index is 259. The molecule has 0 amide bonds. The van der Waals surface area contributed by atoms with Crippen LogP contribution in [0.25, 0.3) is 0 Å². The van der Waals surface area contributed by atoms with E-state index < -0.39 is 5.97 Å². The van der Waals surface area contributed by atoms with Crippen LogP contribution in [0, 0.1) is 0 Å². The number of carboxylic acids is 1. The van der Waals surface area contributed by atoms with E-state index in [0.29, 0.717) is 0 Å². The molecule has 0 fully saturated rings. The highest BCUT2D eigenvalue weighted by Crippen LogP contribution is 2.14. The molecule has 0 rings (SSSR count). The normalized spacial score (nSPS) is 14.0. The first-order valence-corrected chi connectivity index (χ1v) is 9.23. The van der Waals surface area contributed by atoms with Crippen molar-refractivity contribution in [2.45, 2.75) is 109 Å². The van der Waals surface area contributed by atoms with E-state index in [4.69, 9.17) is 10.8 Å². The lowest BCUT2D eigenvalue weighted by Crippen LogP contribution is -2.34. The molecule has 0 aromatic carbocycles. The molecule has 0 saturated carbocycles. The molecule has 2 unspecified atom stereocenters. The van der Waals surface area contributed by atoms with Crippen LogP contribution >= 0.6 is 0 Å². The molecule has 0 aromatic rings. The molecule has 0 aromatic heterocycles. The zero-order valence-corrected chi connectivity index (χ0v) is 14.4. The van der Waals surface area contributed by atoms with E-state index in [1.165, 1.54) is 32.1 Å². The van der Waals surface area contributed by atoms with Crippen molar-refractivity contribution in [1.82, 2.24) is 0 Å². The van der Waals surface area contributed by atoms with Crippen molar-refractivity contribution in [2.75, 3.05) is 0 Å². The minimum atomic E-state index is -0.708. The summed E-state index contributed by atoms with van der Waals surface area (Å²) in [5.74, 6) is -0.708. The fourth-order valence-corrected chi connectivity index (χ4v) is 2.73. The Morgan fingerprint density at radius 1 is 0.864 bits per heavy atom. The van der Waals surface area contributed by atoms with E-state index in [-0.39, 0.29) is 18.6 Å². The predicted octanol–water partition coefficient (Wildman–Crippen LogP) is 4.24. The Kier molecular flexibility index (Phi) is 14.9. The highest BCUT2D eigenvalue weighted by Gasteiger charge is 2.13. The second-order valence-corrected chi connectivity index (χ2v) is 6.49. The lowest BCUT2D eigenvalue weighted by molar-refractivity contribution is -0.137. The summed E-state index contributed by atoms with van der Waals surface area (Å²) in [7, 11) is 0. The number of nitrogens with two attached hydrogens (primary N) is 1. The number of unbranched alkanes of at least 4 members (excludes halogenated alkanes) is 9. The number of carbonyl (C=O) groups is 1. The maximum Gasteiger partial charge on any atom is 0.303 e. The zero-order valence-electron chi connectivity index (χ0n) is 14.4. The van der Waals surface area contributed by atoms with Crippen LogP contribution in [0.5, 0.6) is 0 Å². The average molecular weight is 315 g/mol. The van der Waals surface area contributed by atoms with Crippen LogP contribution in [0.4, 0.5) is 0 Å². The maximum atomic E-state index is 10.4. The topological polar surface area (TPSA) is 83.5 Å².